The molecule has 0 aliphatic heterocycles. The number of hydrogen-bond acceptors (Lipinski definition) is 5. The molecule has 0 atom stereocenters. The number of nitrogens with one attached hydrogen (secondary N) is 1. The third-order valence-corrected chi connectivity index (χ3v) is 4.51. The van der Waals surface area contributed by atoms with Crippen molar-refractivity contribution < 1.29 is 9.47 Å². The zero-order valence-corrected chi connectivity index (χ0v) is 15.3. The Morgan fingerprint density at radius 3 is 2.50 bits per heavy atom. The van der Waals surface area contributed by atoms with E-state index in [1.165, 1.54) is 4.57 Å². The first kappa shape index (κ1) is 17.8. The highest BCUT2D eigenvalue weighted by Gasteiger charge is 2.15. The van der Waals surface area contributed by atoms with Gasteiger partial charge in [0.25, 0.3) is 5.56 Å². The third-order valence-electron chi connectivity index (χ3n) is 4.51. The Balaban J connectivity index is 1.93. The molecular formula is C18H22N4O4. The summed E-state index contributed by atoms with van der Waals surface area (Å²) in [6.45, 7) is 2.08. The summed E-state index contributed by atoms with van der Waals surface area (Å²) in [5.74, 6) is 2.08. The monoisotopic (exact) mass is 358 g/mol. The van der Waals surface area contributed by atoms with Crippen molar-refractivity contribution in [2.75, 3.05) is 14.2 Å². The van der Waals surface area contributed by atoms with E-state index >= 15 is 0 Å². The molecule has 0 radical (unpaired) electrons. The minimum absolute atomic E-state index is 0.316. The Labute approximate surface area is 150 Å². The molecule has 0 saturated carbocycles. The van der Waals surface area contributed by atoms with Gasteiger partial charge in [-0.15, -0.1) is 0 Å². The van der Waals surface area contributed by atoms with Gasteiger partial charge in [-0.1, -0.05) is 6.07 Å². The molecule has 1 N–H and O–H groups in total. The van der Waals surface area contributed by atoms with Crippen LogP contribution in [0.2, 0.25) is 0 Å². The van der Waals surface area contributed by atoms with Crippen molar-refractivity contribution in [1.82, 2.24) is 19.1 Å². The van der Waals surface area contributed by atoms with E-state index in [4.69, 9.17) is 9.47 Å². The van der Waals surface area contributed by atoms with E-state index in [1.54, 1.807) is 32.8 Å². The fourth-order valence-corrected chi connectivity index (χ4v) is 3.07. The normalized spacial score (nSPS) is 11.1. The highest BCUT2D eigenvalue weighted by Crippen LogP contribution is 2.28. The molecule has 0 saturated heterocycles. The average Bonchev–Trinajstić information content (AvgIpc) is 2.95. The van der Waals surface area contributed by atoms with Crippen molar-refractivity contribution in [1.29, 1.82) is 0 Å². The van der Waals surface area contributed by atoms with Crippen LogP contribution in [0.3, 0.4) is 0 Å². The number of nitrogens with zero attached hydrogens (tertiary/aromatic N) is 3. The maximum absolute atomic E-state index is 12.5. The smallest absolute Gasteiger partial charge is 0.330 e. The second kappa shape index (κ2) is 7.07. The van der Waals surface area contributed by atoms with Crippen LogP contribution in [0.5, 0.6) is 11.5 Å². The summed E-state index contributed by atoms with van der Waals surface area (Å²) < 4.78 is 13.5. The van der Waals surface area contributed by atoms with E-state index in [9.17, 15) is 9.59 Å². The van der Waals surface area contributed by atoms with Gasteiger partial charge in [0.05, 0.1) is 14.2 Å². The molecule has 138 valence electrons. The van der Waals surface area contributed by atoms with Crippen molar-refractivity contribution in [2.45, 2.75) is 26.3 Å². The molecule has 26 heavy (non-hydrogen) atoms. The SMILES string of the molecule is CCn1c(=O)[nH]c2nc(CCc3ccc(OC)c(OC)c3)n(C)c2c1=O. The molecule has 2 aromatic heterocycles. The molecule has 2 heterocycles. The lowest BCUT2D eigenvalue weighted by Gasteiger charge is -2.09. The number of imidazole rings is 1. The van der Waals surface area contributed by atoms with E-state index in [2.05, 4.69) is 9.97 Å². The number of fused-ring (bicyclic) bond motifs is 1. The van der Waals surface area contributed by atoms with Gasteiger partial charge in [-0.3, -0.25) is 14.3 Å². The summed E-state index contributed by atoms with van der Waals surface area (Å²) in [6, 6.07) is 5.75. The predicted molar refractivity (Wildman–Crippen MR) is 98.2 cm³/mol. The molecule has 8 heteroatoms. The number of benzene rings is 1. The summed E-state index contributed by atoms with van der Waals surface area (Å²) in [5, 5.41) is 0. The van der Waals surface area contributed by atoms with Crippen LogP contribution in [0.15, 0.2) is 27.8 Å². The summed E-state index contributed by atoms with van der Waals surface area (Å²) in [4.78, 5) is 31.6. The van der Waals surface area contributed by atoms with E-state index in [0.717, 1.165) is 11.4 Å². The fourth-order valence-electron chi connectivity index (χ4n) is 3.07. The highest BCUT2D eigenvalue weighted by molar-refractivity contribution is 5.70. The molecule has 0 amide bonds. The van der Waals surface area contributed by atoms with E-state index < -0.39 is 5.69 Å². The largest absolute Gasteiger partial charge is 0.493 e. The number of hydrogen-bond donors (Lipinski definition) is 1. The topological polar surface area (TPSA) is 91.1 Å². The van der Waals surface area contributed by atoms with E-state index in [1.807, 2.05) is 18.2 Å². The van der Waals surface area contributed by atoms with Gasteiger partial charge in [-0.25, -0.2) is 9.78 Å². The van der Waals surface area contributed by atoms with Crippen LogP contribution in [-0.4, -0.2) is 33.3 Å². The van der Waals surface area contributed by atoms with Crippen LogP contribution in [0.25, 0.3) is 11.2 Å². The second-order valence-electron chi connectivity index (χ2n) is 5.95. The van der Waals surface area contributed by atoms with Crippen LogP contribution < -0.4 is 20.7 Å². The van der Waals surface area contributed by atoms with Gasteiger partial charge >= 0.3 is 5.69 Å². The van der Waals surface area contributed by atoms with Crippen molar-refractivity contribution in [3.63, 3.8) is 0 Å². The van der Waals surface area contributed by atoms with Gasteiger partial charge < -0.3 is 14.0 Å². The number of methoxy groups -OCH3 is 2. The Morgan fingerprint density at radius 1 is 1.12 bits per heavy atom. The minimum atomic E-state index is -0.436. The van der Waals surface area contributed by atoms with Gasteiger partial charge in [0, 0.05) is 20.0 Å². The molecule has 0 unspecified atom stereocenters. The van der Waals surface area contributed by atoms with E-state index in [-0.39, 0.29) is 5.56 Å². The van der Waals surface area contributed by atoms with Crippen molar-refractivity contribution in [3.05, 3.63) is 50.4 Å². The summed E-state index contributed by atoms with van der Waals surface area (Å²) in [7, 11) is 4.99. The molecule has 0 aliphatic carbocycles. The zero-order valence-electron chi connectivity index (χ0n) is 15.3. The van der Waals surface area contributed by atoms with Crippen LogP contribution in [0.1, 0.15) is 18.3 Å². The van der Waals surface area contributed by atoms with Gasteiger partial charge in [0.2, 0.25) is 0 Å². The van der Waals surface area contributed by atoms with Gasteiger partial charge in [-0.05, 0) is 31.0 Å². The first-order chi connectivity index (χ1) is 12.5. The number of aromatic nitrogens is 4. The zero-order chi connectivity index (χ0) is 18.8. The first-order valence-electron chi connectivity index (χ1n) is 8.39. The van der Waals surface area contributed by atoms with Crippen LogP contribution in [-0.2, 0) is 26.4 Å². The lowest BCUT2D eigenvalue weighted by Crippen LogP contribution is -2.35. The van der Waals surface area contributed by atoms with Crippen LogP contribution in [0.4, 0.5) is 0 Å². The summed E-state index contributed by atoms with van der Waals surface area (Å²) in [5.41, 5.74) is 1.05. The standard InChI is InChI=1S/C18H22N4O4/c1-5-22-17(23)15-16(20-18(22)24)19-14(21(15)2)9-7-11-6-8-12(25-3)13(10-11)26-4/h6,8,10H,5,7,9H2,1-4H3,(H,20,24). The molecule has 3 aromatic rings. The molecule has 0 aliphatic rings. The predicted octanol–water partition coefficient (Wildman–Crippen LogP) is 1.25. The highest BCUT2D eigenvalue weighted by atomic mass is 16.5. The molecule has 3 rings (SSSR count). The Morgan fingerprint density at radius 2 is 1.85 bits per heavy atom. The fraction of sp³-hybridized carbons (Fsp3) is 0.389. The number of rotatable bonds is 6. The van der Waals surface area contributed by atoms with Gasteiger partial charge in [0.1, 0.15) is 5.82 Å². The lowest BCUT2D eigenvalue weighted by molar-refractivity contribution is 0.354. The lowest BCUT2D eigenvalue weighted by atomic mass is 10.1. The molecule has 1 aromatic carbocycles. The first-order valence-corrected chi connectivity index (χ1v) is 8.39. The Bertz CT molecular complexity index is 1060. The van der Waals surface area contributed by atoms with Crippen molar-refractivity contribution in [2.24, 2.45) is 7.05 Å². The van der Waals surface area contributed by atoms with Crippen LogP contribution >= 0.6 is 0 Å². The van der Waals surface area contributed by atoms with Crippen molar-refractivity contribution >= 4 is 11.2 Å². The Hall–Kier alpha value is -3.03. The van der Waals surface area contributed by atoms with Crippen LogP contribution in [0, 0.1) is 0 Å². The van der Waals surface area contributed by atoms with E-state index in [0.29, 0.717) is 42.0 Å². The number of aromatic amines is 1. The average molecular weight is 358 g/mol. The molecule has 0 spiro atoms. The molecule has 8 nitrogen and oxygen atoms in total. The molecular weight excluding hydrogens is 336 g/mol. The molecule has 0 fully saturated rings. The third kappa shape index (κ3) is 2.98. The quantitative estimate of drug-likeness (QED) is 0.716. The van der Waals surface area contributed by atoms with Gasteiger partial charge in [0.15, 0.2) is 22.7 Å². The maximum atomic E-state index is 12.5. The van der Waals surface area contributed by atoms with Crippen molar-refractivity contribution in [3.8, 4) is 11.5 Å². The number of aryl methyl sites for hydroxylation is 3. The molecule has 0 bridgehead atoms. The number of H-pyrrole nitrogens is 1. The summed E-state index contributed by atoms with van der Waals surface area (Å²) in [6.07, 6.45) is 1.33. The minimum Gasteiger partial charge on any atom is -0.493 e. The second-order valence-corrected chi connectivity index (χ2v) is 5.95. The summed E-state index contributed by atoms with van der Waals surface area (Å²) >= 11 is 0. The Kier molecular flexibility index (Phi) is 4.83. The van der Waals surface area contributed by atoms with Gasteiger partial charge in [-0.2, -0.15) is 0 Å². The number of ether oxygens (including phenoxy) is 2. The maximum Gasteiger partial charge on any atom is 0.330 e.